The van der Waals surface area contributed by atoms with Crippen LogP contribution in [0.1, 0.15) is 13.8 Å². The summed E-state index contributed by atoms with van der Waals surface area (Å²) in [7, 11) is 1.79. The molecule has 0 saturated carbocycles. The Morgan fingerprint density at radius 2 is 1.67 bits per heavy atom. The number of hydrogen-bond donors (Lipinski definition) is 0. The van der Waals surface area contributed by atoms with Gasteiger partial charge in [-0.25, -0.2) is 0 Å². The quantitative estimate of drug-likeness (QED) is 0.593. The van der Waals surface area contributed by atoms with Crippen LogP contribution in [0.3, 0.4) is 0 Å². The fraction of sp³-hybridized carbons (Fsp3) is 1.00. The molecule has 2 heteroatoms. The van der Waals surface area contributed by atoms with Gasteiger partial charge in [0.2, 0.25) is 0 Å². The first kappa shape index (κ1) is 9.31. The Morgan fingerprint density at radius 3 is 1.78 bits per heavy atom. The maximum Gasteiger partial charge on any atom is 0.00423 e. The Kier molecular flexibility index (Phi) is 3.59. The second-order valence-electron chi connectivity index (χ2n) is 2.71. The zero-order valence-corrected chi connectivity index (χ0v) is 8.09. The van der Waals surface area contributed by atoms with Crippen LogP contribution >= 0.6 is 10.2 Å². The molecule has 0 unspecified atom stereocenters. The Morgan fingerprint density at radius 1 is 1.22 bits per heavy atom. The molecule has 0 aliphatic carbocycles. The van der Waals surface area contributed by atoms with E-state index in [2.05, 4.69) is 37.7 Å². The fourth-order valence-electron chi connectivity index (χ4n) is 0.570. The third-order valence-corrected chi connectivity index (χ3v) is 5.35. The van der Waals surface area contributed by atoms with E-state index in [1.54, 1.807) is 0 Å². The summed E-state index contributed by atoms with van der Waals surface area (Å²) >= 11 is 0. The van der Waals surface area contributed by atoms with Gasteiger partial charge in [0.25, 0.3) is 0 Å². The molecule has 9 heavy (non-hydrogen) atoms. The van der Waals surface area contributed by atoms with E-state index in [9.17, 15) is 0 Å². The molecule has 0 heterocycles. The lowest BCUT2D eigenvalue weighted by molar-refractivity contribution is 0.587. The van der Waals surface area contributed by atoms with Crippen LogP contribution in [-0.2, 0) is 0 Å². The van der Waals surface area contributed by atoms with Crippen LogP contribution in [0.2, 0.25) is 0 Å². The highest BCUT2D eigenvalue weighted by Gasteiger charge is 2.12. The SMILES string of the molecule is CCN(C)S(C)(C)CC. The van der Waals surface area contributed by atoms with E-state index in [0.29, 0.717) is 0 Å². The van der Waals surface area contributed by atoms with E-state index < -0.39 is 10.2 Å². The highest BCUT2D eigenvalue weighted by Crippen LogP contribution is 2.41. The summed E-state index contributed by atoms with van der Waals surface area (Å²) in [5.41, 5.74) is 0. The maximum absolute atomic E-state index is 2.45. The first-order chi connectivity index (χ1) is 4.04. The van der Waals surface area contributed by atoms with Gasteiger partial charge in [0.1, 0.15) is 0 Å². The average molecular weight is 149 g/mol. The Balaban J connectivity index is 3.80. The predicted molar refractivity (Wildman–Crippen MR) is 48.3 cm³/mol. The van der Waals surface area contributed by atoms with Crippen molar-refractivity contribution in [2.75, 3.05) is 31.9 Å². The molecule has 0 aliphatic rings. The second-order valence-corrected chi connectivity index (χ2v) is 6.87. The minimum absolute atomic E-state index is 0.415. The highest BCUT2D eigenvalue weighted by molar-refractivity contribution is 8.30. The van der Waals surface area contributed by atoms with Crippen LogP contribution < -0.4 is 0 Å². The van der Waals surface area contributed by atoms with Crippen molar-refractivity contribution >= 4 is 10.2 Å². The molecule has 0 saturated heterocycles. The first-order valence-corrected chi connectivity index (χ1v) is 6.04. The summed E-state index contributed by atoms with van der Waals surface area (Å²) in [6, 6.07) is 0. The van der Waals surface area contributed by atoms with Crippen LogP contribution in [0, 0.1) is 0 Å². The molecular formula is C7H19NS. The van der Waals surface area contributed by atoms with Gasteiger partial charge in [0, 0.05) is 6.54 Å². The standard InChI is InChI=1S/C7H19NS/c1-6-8(3)9(4,5)7-2/h6-7H2,1-5H3. The van der Waals surface area contributed by atoms with Gasteiger partial charge in [-0.1, -0.05) is 13.8 Å². The van der Waals surface area contributed by atoms with Crippen molar-refractivity contribution in [3.05, 3.63) is 0 Å². The van der Waals surface area contributed by atoms with Crippen LogP contribution in [0.4, 0.5) is 0 Å². The minimum Gasteiger partial charge on any atom is -0.271 e. The monoisotopic (exact) mass is 149 g/mol. The molecule has 0 rings (SSSR count). The van der Waals surface area contributed by atoms with E-state index >= 15 is 0 Å². The van der Waals surface area contributed by atoms with E-state index in [1.165, 1.54) is 12.3 Å². The van der Waals surface area contributed by atoms with Crippen molar-refractivity contribution in [3.8, 4) is 0 Å². The van der Waals surface area contributed by atoms with E-state index in [-0.39, 0.29) is 0 Å². The van der Waals surface area contributed by atoms with Crippen LogP contribution in [0.25, 0.3) is 0 Å². The predicted octanol–water partition coefficient (Wildman–Crippen LogP) is 1.94. The molecule has 0 bridgehead atoms. The molecule has 0 amide bonds. The molecule has 58 valence electrons. The molecule has 0 aliphatic heterocycles. The van der Waals surface area contributed by atoms with Gasteiger partial charge >= 0.3 is 0 Å². The van der Waals surface area contributed by atoms with Gasteiger partial charge in [-0.2, -0.15) is 10.2 Å². The summed E-state index contributed by atoms with van der Waals surface area (Å²) in [6.07, 6.45) is 4.72. The topological polar surface area (TPSA) is 3.24 Å². The van der Waals surface area contributed by atoms with Gasteiger partial charge in [0.05, 0.1) is 0 Å². The van der Waals surface area contributed by atoms with Gasteiger partial charge in [0.15, 0.2) is 0 Å². The fourth-order valence-corrected chi connectivity index (χ4v) is 1.71. The molecule has 0 aromatic carbocycles. The van der Waals surface area contributed by atoms with E-state index in [1.807, 2.05) is 0 Å². The third-order valence-electron chi connectivity index (χ3n) is 2.00. The molecule has 0 fully saturated rings. The lowest BCUT2D eigenvalue weighted by Gasteiger charge is -2.39. The summed E-state index contributed by atoms with van der Waals surface area (Å²) in [4.78, 5) is 0. The molecule has 0 radical (unpaired) electrons. The molecule has 0 atom stereocenters. The molecule has 0 spiro atoms. The second kappa shape index (κ2) is 3.47. The van der Waals surface area contributed by atoms with Crippen molar-refractivity contribution < 1.29 is 0 Å². The van der Waals surface area contributed by atoms with Crippen molar-refractivity contribution in [1.82, 2.24) is 4.31 Å². The zero-order chi connectivity index (χ0) is 7.49. The molecule has 0 aromatic rings. The number of rotatable bonds is 3. The highest BCUT2D eigenvalue weighted by atomic mass is 32.3. The summed E-state index contributed by atoms with van der Waals surface area (Å²) in [6.45, 7) is 5.65. The van der Waals surface area contributed by atoms with Crippen molar-refractivity contribution in [2.24, 2.45) is 0 Å². The molecule has 0 aromatic heterocycles. The Bertz CT molecular complexity index is 81.0. The Labute approximate surface area is 60.9 Å². The molecular weight excluding hydrogens is 130 g/mol. The first-order valence-electron chi connectivity index (χ1n) is 3.47. The molecule has 0 N–H and O–H groups in total. The van der Waals surface area contributed by atoms with Crippen molar-refractivity contribution in [2.45, 2.75) is 13.8 Å². The Hall–Kier alpha value is 0.310. The number of nitrogens with zero attached hydrogens (tertiary/aromatic N) is 1. The molecule has 1 nitrogen and oxygen atoms in total. The lowest BCUT2D eigenvalue weighted by atomic mass is 10.8. The van der Waals surface area contributed by atoms with Crippen molar-refractivity contribution in [1.29, 1.82) is 0 Å². The van der Waals surface area contributed by atoms with E-state index in [0.717, 1.165) is 0 Å². The normalized spacial score (nSPS) is 14.4. The van der Waals surface area contributed by atoms with Gasteiger partial charge < -0.3 is 0 Å². The van der Waals surface area contributed by atoms with Crippen LogP contribution in [0.15, 0.2) is 0 Å². The van der Waals surface area contributed by atoms with Crippen LogP contribution in [0.5, 0.6) is 0 Å². The maximum atomic E-state index is 2.45. The van der Waals surface area contributed by atoms with Gasteiger partial charge in [-0.05, 0) is 25.3 Å². The number of hydrogen-bond acceptors (Lipinski definition) is 1. The van der Waals surface area contributed by atoms with Gasteiger partial charge in [-0.3, -0.25) is 4.31 Å². The van der Waals surface area contributed by atoms with Crippen LogP contribution in [-0.4, -0.2) is 36.2 Å². The smallest absolute Gasteiger partial charge is 0.00423 e. The third kappa shape index (κ3) is 2.59. The largest absolute Gasteiger partial charge is 0.271 e. The summed E-state index contributed by atoms with van der Waals surface area (Å²) in [5, 5.41) is 0. The zero-order valence-electron chi connectivity index (χ0n) is 7.27. The van der Waals surface area contributed by atoms with E-state index in [4.69, 9.17) is 0 Å². The van der Waals surface area contributed by atoms with Gasteiger partial charge in [-0.15, -0.1) is 0 Å². The summed E-state index contributed by atoms with van der Waals surface area (Å²) < 4.78 is 2.45. The average Bonchev–Trinajstić information content (AvgIpc) is 1.86. The lowest BCUT2D eigenvalue weighted by Crippen LogP contribution is -2.23. The summed E-state index contributed by atoms with van der Waals surface area (Å²) in [5.74, 6) is 1.30. The minimum atomic E-state index is -0.415. The van der Waals surface area contributed by atoms with Crippen molar-refractivity contribution in [3.63, 3.8) is 0 Å².